The Bertz CT molecular complexity index is 1140. The highest BCUT2D eigenvalue weighted by molar-refractivity contribution is 7.13. The van der Waals surface area contributed by atoms with Gasteiger partial charge in [-0.15, -0.1) is 11.3 Å². The van der Waals surface area contributed by atoms with Gasteiger partial charge in [0.15, 0.2) is 0 Å². The molecule has 1 fully saturated rings. The van der Waals surface area contributed by atoms with Crippen LogP contribution in [0.3, 0.4) is 0 Å². The number of hydrogen-bond donors (Lipinski definition) is 3. The number of carbonyl (C=O) groups is 2. The van der Waals surface area contributed by atoms with Crippen LogP contribution in [0.25, 0.3) is 0 Å². The molecule has 9 nitrogen and oxygen atoms in total. The van der Waals surface area contributed by atoms with Gasteiger partial charge in [-0.1, -0.05) is 37.3 Å². The number of thiazole rings is 1. The van der Waals surface area contributed by atoms with E-state index in [1.54, 1.807) is 18.3 Å². The molecule has 0 aromatic carbocycles. The average molecular weight is 500 g/mol. The molecule has 3 heterocycles. The van der Waals surface area contributed by atoms with Crippen molar-refractivity contribution in [2.45, 2.75) is 51.6 Å². The maximum Gasteiger partial charge on any atom is 0.263 e. The normalized spacial score (nSPS) is 14.5. The first-order valence-electron chi connectivity index (χ1n) is 11.2. The number of aryl methyl sites for hydroxylation is 1. The molecule has 3 aromatic rings. The van der Waals surface area contributed by atoms with Crippen LogP contribution in [0, 0.1) is 12.8 Å². The first-order chi connectivity index (χ1) is 16.5. The van der Waals surface area contributed by atoms with Crippen LogP contribution in [0.15, 0.2) is 36.9 Å². The maximum absolute atomic E-state index is 13.0. The average Bonchev–Trinajstić information content (AvgIpc) is 3.52. The summed E-state index contributed by atoms with van der Waals surface area (Å²) in [5, 5.41) is 17.8. The van der Waals surface area contributed by atoms with Gasteiger partial charge < -0.3 is 16.0 Å². The summed E-state index contributed by atoms with van der Waals surface area (Å²) in [5.41, 5.74) is 2.18. The third-order valence-corrected chi connectivity index (χ3v) is 6.98. The van der Waals surface area contributed by atoms with Crippen molar-refractivity contribution >= 4 is 46.1 Å². The highest BCUT2D eigenvalue weighted by atomic mass is 35.5. The van der Waals surface area contributed by atoms with Gasteiger partial charge in [-0.3, -0.25) is 14.6 Å². The van der Waals surface area contributed by atoms with Crippen LogP contribution < -0.4 is 16.0 Å². The van der Waals surface area contributed by atoms with E-state index in [4.69, 9.17) is 11.6 Å². The molecular formula is C23H26ClN7O2S. The van der Waals surface area contributed by atoms with Gasteiger partial charge in [0, 0.05) is 6.20 Å². The third kappa shape index (κ3) is 6.48. The lowest BCUT2D eigenvalue weighted by atomic mass is 9.97. The van der Waals surface area contributed by atoms with Crippen molar-refractivity contribution in [1.29, 1.82) is 0 Å². The molecule has 0 bridgehead atoms. The van der Waals surface area contributed by atoms with Gasteiger partial charge in [0.1, 0.15) is 15.9 Å². The second kappa shape index (κ2) is 11.3. The highest BCUT2D eigenvalue weighted by Gasteiger charge is 2.27. The van der Waals surface area contributed by atoms with Crippen LogP contribution in [0.1, 0.15) is 52.5 Å². The predicted molar refractivity (Wildman–Crippen MR) is 132 cm³/mol. The Hall–Kier alpha value is -3.11. The van der Waals surface area contributed by atoms with E-state index in [1.807, 2.05) is 6.92 Å². The Labute approximate surface area is 206 Å². The lowest BCUT2D eigenvalue weighted by Gasteiger charge is -2.21. The molecule has 0 saturated heterocycles. The van der Waals surface area contributed by atoms with E-state index in [2.05, 4.69) is 36.1 Å². The predicted octanol–water partition coefficient (Wildman–Crippen LogP) is 4.22. The summed E-state index contributed by atoms with van der Waals surface area (Å²) in [5.74, 6) is -0.152. The monoisotopic (exact) mass is 499 g/mol. The van der Waals surface area contributed by atoms with Crippen LogP contribution in [-0.2, 0) is 11.3 Å². The summed E-state index contributed by atoms with van der Waals surface area (Å²) < 4.78 is 0. The van der Waals surface area contributed by atoms with E-state index in [1.165, 1.54) is 29.9 Å². The molecule has 178 valence electrons. The molecule has 0 radical (unpaired) electrons. The van der Waals surface area contributed by atoms with Gasteiger partial charge in [0.05, 0.1) is 47.2 Å². The molecule has 0 aliphatic heterocycles. The smallest absolute Gasteiger partial charge is 0.263 e. The van der Waals surface area contributed by atoms with Gasteiger partial charge in [-0.05, 0) is 31.4 Å². The fraction of sp³-hybridized carbons (Fsp3) is 0.391. The summed E-state index contributed by atoms with van der Waals surface area (Å²) in [7, 11) is 0. The first kappa shape index (κ1) is 24.0. The van der Waals surface area contributed by atoms with Crippen molar-refractivity contribution < 1.29 is 9.59 Å². The highest BCUT2D eigenvalue weighted by Crippen LogP contribution is 2.29. The Balaban J connectivity index is 1.39. The lowest BCUT2D eigenvalue weighted by Crippen LogP contribution is -2.44. The second-order valence-corrected chi connectivity index (χ2v) is 9.84. The minimum Gasteiger partial charge on any atom is -0.377 e. The number of rotatable bonds is 9. The van der Waals surface area contributed by atoms with Crippen LogP contribution in [-0.4, -0.2) is 38.0 Å². The SMILES string of the molecule is Cc1ncc(Cl)cc1NCc1ncc(C(=O)N[C@@H](CC2CCCC2)C(=O)Nc2ccnnc2)s1. The van der Waals surface area contributed by atoms with Crippen molar-refractivity contribution in [3.63, 3.8) is 0 Å². The number of nitrogens with zero attached hydrogens (tertiary/aromatic N) is 4. The van der Waals surface area contributed by atoms with Crippen molar-refractivity contribution in [1.82, 2.24) is 25.5 Å². The number of anilines is 2. The first-order valence-corrected chi connectivity index (χ1v) is 12.4. The van der Waals surface area contributed by atoms with Gasteiger partial charge in [0.2, 0.25) is 5.91 Å². The van der Waals surface area contributed by atoms with Crippen molar-refractivity contribution in [3.8, 4) is 0 Å². The standard InChI is InChI=1S/C23H26ClN7O2S/c1-14-18(9-16(24)10-25-14)26-13-21-27-12-20(34-21)23(33)31-19(8-15-4-2-3-5-15)22(32)30-17-6-7-28-29-11-17/h6-7,9-12,15,19,26H,2-5,8,13H2,1H3,(H,31,33)(H,28,30,32)/t19-/m0/s1. The van der Waals surface area contributed by atoms with Crippen molar-refractivity contribution in [3.05, 3.63) is 57.5 Å². The van der Waals surface area contributed by atoms with E-state index >= 15 is 0 Å². The zero-order chi connectivity index (χ0) is 23.9. The fourth-order valence-electron chi connectivity index (χ4n) is 3.99. The molecule has 3 aromatic heterocycles. The van der Waals surface area contributed by atoms with Crippen LogP contribution in [0.4, 0.5) is 11.4 Å². The summed E-state index contributed by atoms with van der Waals surface area (Å²) in [6.45, 7) is 2.32. The molecule has 1 aliphatic carbocycles. The zero-order valence-electron chi connectivity index (χ0n) is 18.8. The second-order valence-electron chi connectivity index (χ2n) is 8.29. The molecule has 2 amide bonds. The third-order valence-electron chi connectivity index (χ3n) is 5.78. The molecule has 1 aliphatic rings. The number of pyridine rings is 1. The Morgan fingerprint density at radius 3 is 2.76 bits per heavy atom. The van der Waals surface area contributed by atoms with E-state index in [-0.39, 0.29) is 11.8 Å². The van der Waals surface area contributed by atoms with Crippen LogP contribution in [0.2, 0.25) is 5.02 Å². The van der Waals surface area contributed by atoms with Gasteiger partial charge in [-0.2, -0.15) is 10.2 Å². The molecule has 3 N–H and O–H groups in total. The molecule has 4 rings (SSSR count). The minimum absolute atomic E-state index is 0.261. The summed E-state index contributed by atoms with van der Waals surface area (Å²) in [6.07, 6.45) is 11.2. The number of halogens is 1. The number of hydrogen-bond acceptors (Lipinski definition) is 8. The van der Waals surface area contributed by atoms with E-state index < -0.39 is 6.04 Å². The summed E-state index contributed by atoms with van der Waals surface area (Å²) >= 11 is 7.30. The maximum atomic E-state index is 13.0. The molecule has 11 heteroatoms. The molecule has 1 saturated carbocycles. The van der Waals surface area contributed by atoms with Gasteiger partial charge in [-0.25, -0.2) is 4.98 Å². The zero-order valence-corrected chi connectivity index (χ0v) is 20.3. The van der Waals surface area contributed by atoms with Gasteiger partial charge >= 0.3 is 0 Å². The number of amides is 2. The number of aromatic nitrogens is 4. The molecule has 1 atom stereocenters. The largest absolute Gasteiger partial charge is 0.377 e. The van der Waals surface area contributed by atoms with E-state index in [0.717, 1.165) is 42.1 Å². The van der Waals surface area contributed by atoms with Crippen molar-refractivity contribution in [2.75, 3.05) is 10.6 Å². The fourth-order valence-corrected chi connectivity index (χ4v) is 4.91. The summed E-state index contributed by atoms with van der Waals surface area (Å²) in [6, 6.07) is 2.82. The Morgan fingerprint density at radius 2 is 2.00 bits per heavy atom. The molecular weight excluding hydrogens is 474 g/mol. The summed E-state index contributed by atoms with van der Waals surface area (Å²) in [4.78, 5) is 35.0. The van der Waals surface area contributed by atoms with Crippen LogP contribution in [0.5, 0.6) is 0 Å². The molecule has 0 spiro atoms. The Kier molecular flexibility index (Phi) is 8.02. The van der Waals surface area contributed by atoms with Crippen LogP contribution >= 0.6 is 22.9 Å². The molecule has 0 unspecified atom stereocenters. The quantitative estimate of drug-likeness (QED) is 0.403. The topological polar surface area (TPSA) is 122 Å². The van der Waals surface area contributed by atoms with Gasteiger partial charge in [0.25, 0.3) is 5.91 Å². The van der Waals surface area contributed by atoms with E-state index in [0.29, 0.717) is 34.5 Å². The number of carbonyl (C=O) groups excluding carboxylic acids is 2. The van der Waals surface area contributed by atoms with E-state index in [9.17, 15) is 9.59 Å². The number of nitrogens with one attached hydrogen (secondary N) is 3. The lowest BCUT2D eigenvalue weighted by molar-refractivity contribution is -0.118. The van der Waals surface area contributed by atoms with Crippen molar-refractivity contribution in [2.24, 2.45) is 5.92 Å². The Morgan fingerprint density at radius 1 is 1.18 bits per heavy atom. The molecule has 34 heavy (non-hydrogen) atoms. The minimum atomic E-state index is -0.646.